The number of rotatable bonds is 7. The summed E-state index contributed by atoms with van der Waals surface area (Å²) >= 11 is 0. The largest absolute Gasteiger partial charge is 0.489 e. The van der Waals surface area contributed by atoms with Crippen LogP contribution in [0.25, 0.3) is 0 Å². The molecule has 116 valence electrons. The zero-order chi connectivity index (χ0) is 15.4. The Morgan fingerprint density at radius 3 is 2.32 bits per heavy atom. The summed E-state index contributed by atoms with van der Waals surface area (Å²) in [5, 5.41) is 0. The van der Waals surface area contributed by atoms with Crippen LogP contribution < -0.4 is 4.74 Å². The first-order chi connectivity index (χ1) is 10.8. The second-order valence-electron chi connectivity index (χ2n) is 6.06. The van der Waals surface area contributed by atoms with Crippen LogP contribution in [0.4, 0.5) is 0 Å². The lowest BCUT2D eigenvalue weighted by atomic mass is 9.91. The molecule has 1 heterocycles. The molecule has 1 fully saturated rings. The van der Waals surface area contributed by atoms with E-state index in [1.807, 2.05) is 18.2 Å². The minimum Gasteiger partial charge on any atom is -0.489 e. The second kappa shape index (κ2) is 6.97. The Hall–Kier alpha value is -1.80. The molecule has 0 aromatic heterocycles. The predicted molar refractivity (Wildman–Crippen MR) is 89.2 cm³/mol. The third-order valence-electron chi connectivity index (χ3n) is 4.45. The van der Waals surface area contributed by atoms with Crippen molar-refractivity contribution in [2.45, 2.75) is 51.4 Å². The molecule has 3 unspecified atom stereocenters. The molecule has 0 amide bonds. The Balaban J connectivity index is 1.57. The fourth-order valence-corrected chi connectivity index (χ4v) is 2.87. The summed E-state index contributed by atoms with van der Waals surface area (Å²) in [7, 11) is 0. The van der Waals surface area contributed by atoms with Crippen LogP contribution in [-0.4, -0.2) is 12.2 Å². The lowest BCUT2D eigenvalue weighted by Crippen LogP contribution is -2.03. The Morgan fingerprint density at radius 2 is 1.73 bits per heavy atom. The lowest BCUT2D eigenvalue weighted by molar-refractivity contribution is 0.306. The molecule has 0 N–H and O–H groups in total. The zero-order valence-electron chi connectivity index (χ0n) is 13.4. The molecule has 2 heteroatoms. The molecular formula is C20H24O2. The van der Waals surface area contributed by atoms with E-state index in [2.05, 4.69) is 50.2 Å². The number of hydrogen-bond acceptors (Lipinski definition) is 2. The fraction of sp³-hybridized carbons (Fsp3) is 0.400. The maximum absolute atomic E-state index is 5.85. The van der Waals surface area contributed by atoms with Crippen LogP contribution in [0.5, 0.6) is 5.75 Å². The summed E-state index contributed by atoms with van der Waals surface area (Å²) in [6, 6.07) is 18.8. The van der Waals surface area contributed by atoms with Crippen molar-refractivity contribution >= 4 is 0 Å². The van der Waals surface area contributed by atoms with E-state index in [1.54, 1.807) is 0 Å². The molecule has 2 aromatic carbocycles. The minimum atomic E-state index is 0.447. The maximum atomic E-state index is 5.85. The predicted octanol–water partition coefficient (Wildman–Crippen LogP) is 4.94. The summed E-state index contributed by atoms with van der Waals surface area (Å²) in [5.74, 6) is 1.51. The van der Waals surface area contributed by atoms with Crippen molar-refractivity contribution < 1.29 is 9.47 Å². The highest BCUT2D eigenvalue weighted by molar-refractivity contribution is 5.30. The van der Waals surface area contributed by atoms with Crippen LogP contribution in [0.1, 0.15) is 43.7 Å². The SMILES string of the molecule is CCC(CC1OC1C)c1ccc(OCc2ccccc2)cc1. The van der Waals surface area contributed by atoms with Gasteiger partial charge in [-0.05, 0) is 48.9 Å². The summed E-state index contributed by atoms with van der Waals surface area (Å²) in [5.41, 5.74) is 2.58. The van der Waals surface area contributed by atoms with Crippen LogP contribution in [0.3, 0.4) is 0 Å². The van der Waals surface area contributed by atoms with Gasteiger partial charge in [0.1, 0.15) is 12.4 Å². The van der Waals surface area contributed by atoms with E-state index >= 15 is 0 Å². The van der Waals surface area contributed by atoms with Crippen molar-refractivity contribution in [1.29, 1.82) is 0 Å². The van der Waals surface area contributed by atoms with E-state index in [1.165, 1.54) is 11.1 Å². The van der Waals surface area contributed by atoms with Crippen molar-refractivity contribution in [3.8, 4) is 5.75 Å². The summed E-state index contributed by atoms with van der Waals surface area (Å²) < 4.78 is 11.4. The molecule has 0 radical (unpaired) electrons. The monoisotopic (exact) mass is 296 g/mol. The Labute approximate surface area is 133 Å². The lowest BCUT2D eigenvalue weighted by Gasteiger charge is -2.15. The number of benzene rings is 2. The van der Waals surface area contributed by atoms with Gasteiger partial charge in [0.2, 0.25) is 0 Å². The molecule has 22 heavy (non-hydrogen) atoms. The Bertz CT molecular complexity index is 576. The first-order valence-electron chi connectivity index (χ1n) is 8.18. The normalized spacial score (nSPS) is 21.4. The van der Waals surface area contributed by atoms with Gasteiger partial charge in [-0.2, -0.15) is 0 Å². The average Bonchev–Trinajstić information content (AvgIpc) is 3.27. The third kappa shape index (κ3) is 3.89. The topological polar surface area (TPSA) is 21.8 Å². The van der Waals surface area contributed by atoms with Crippen LogP contribution in [0, 0.1) is 0 Å². The smallest absolute Gasteiger partial charge is 0.119 e. The second-order valence-corrected chi connectivity index (χ2v) is 6.06. The van der Waals surface area contributed by atoms with Crippen molar-refractivity contribution in [3.05, 3.63) is 65.7 Å². The molecule has 0 bridgehead atoms. The van der Waals surface area contributed by atoms with Crippen molar-refractivity contribution in [1.82, 2.24) is 0 Å². The zero-order valence-corrected chi connectivity index (χ0v) is 13.4. The standard InChI is InChI=1S/C20H24O2/c1-3-17(13-20-15(2)22-20)18-9-11-19(12-10-18)21-14-16-7-5-4-6-8-16/h4-12,15,17,20H,3,13-14H2,1-2H3. The molecule has 1 saturated heterocycles. The van der Waals surface area contributed by atoms with E-state index in [-0.39, 0.29) is 0 Å². The summed E-state index contributed by atoms with van der Waals surface area (Å²) in [6.07, 6.45) is 3.18. The molecule has 1 aliphatic heterocycles. The van der Waals surface area contributed by atoms with Gasteiger partial charge in [0.05, 0.1) is 12.2 Å². The van der Waals surface area contributed by atoms with Gasteiger partial charge in [-0.25, -0.2) is 0 Å². The molecule has 2 aromatic rings. The number of epoxide rings is 1. The van der Waals surface area contributed by atoms with Gasteiger partial charge in [0.15, 0.2) is 0 Å². The van der Waals surface area contributed by atoms with Crippen molar-refractivity contribution in [3.63, 3.8) is 0 Å². The number of hydrogen-bond donors (Lipinski definition) is 0. The van der Waals surface area contributed by atoms with Gasteiger partial charge in [-0.1, -0.05) is 49.4 Å². The highest BCUT2D eigenvalue weighted by atomic mass is 16.6. The van der Waals surface area contributed by atoms with Gasteiger partial charge in [0.25, 0.3) is 0 Å². The van der Waals surface area contributed by atoms with E-state index in [0.29, 0.717) is 24.7 Å². The van der Waals surface area contributed by atoms with Crippen LogP contribution in [-0.2, 0) is 11.3 Å². The molecule has 0 spiro atoms. The molecule has 0 saturated carbocycles. The highest BCUT2D eigenvalue weighted by Crippen LogP contribution is 2.34. The van der Waals surface area contributed by atoms with Gasteiger partial charge >= 0.3 is 0 Å². The van der Waals surface area contributed by atoms with Gasteiger partial charge in [0, 0.05) is 0 Å². The maximum Gasteiger partial charge on any atom is 0.119 e. The van der Waals surface area contributed by atoms with E-state index in [0.717, 1.165) is 18.6 Å². The van der Waals surface area contributed by atoms with E-state index < -0.39 is 0 Å². The van der Waals surface area contributed by atoms with Crippen molar-refractivity contribution in [2.75, 3.05) is 0 Å². The molecule has 3 rings (SSSR count). The van der Waals surface area contributed by atoms with Crippen LogP contribution in [0.2, 0.25) is 0 Å². The van der Waals surface area contributed by atoms with Crippen LogP contribution in [0.15, 0.2) is 54.6 Å². The quantitative estimate of drug-likeness (QED) is 0.675. The fourth-order valence-electron chi connectivity index (χ4n) is 2.87. The van der Waals surface area contributed by atoms with E-state index in [9.17, 15) is 0 Å². The average molecular weight is 296 g/mol. The third-order valence-corrected chi connectivity index (χ3v) is 4.45. The Kier molecular flexibility index (Phi) is 4.79. The highest BCUT2D eigenvalue weighted by Gasteiger charge is 2.35. The van der Waals surface area contributed by atoms with Gasteiger partial charge in [-0.15, -0.1) is 0 Å². The number of ether oxygens (including phenoxy) is 2. The molecular weight excluding hydrogens is 272 g/mol. The summed E-state index contributed by atoms with van der Waals surface area (Å²) in [4.78, 5) is 0. The van der Waals surface area contributed by atoms with Crippen LogP contribution >= 0.6 is 0 Å². The van der Waals surface area contributed by atoms with E-state index in [4.69, 9.17) is 9.47 Å². The van der Waals surface area contributed by atoms with Gasteiger partial charge in [-0.3, -0.25) is 0 Å². The van der Waals surface area contributed by atoms with Crippen molar-refractivity contribution in [2.24, 2.45) is 0 Å². The van der Waals surface area contributed by atoms with Gasteiger partial charge < -0.3 is 9.47 Å². The molecule has 0 aliphatic carbocycles. The molecule has 2 nitrogen and oxygen atoms in total. The molecule has 3 atom stereocenters. The first-order valence-corrected chi connectivity index (χ1v) is 8.18. The Morgan fingerprint density at radius 1 is 1.05 bits per heavy atom. The summed E-state index contributed by atoms with van der Waals surface area (Å²) in [6.45, 7) is 5.01. The molecule has 1 aliphatic rings. The minimum absolute atomic E-state index is 0.447. The first kappa shape index (κ1) is 15.1.